The lowest BCUT2D eigenvalue weighted by molar-refractivity contribution is -0.160. The second kappa shape index (κ2) is 10.5. The van der Waals surface area contributed by atoms with Gasteiger partial charge in [0.15, 0.2) is 6.10 Å². The van der Waals surface area contributed by atoms with Gasteiger partial charge in [-0.25, -0.2) is 4.79 Å². The number of nitrogens with zero attached hydrogens (tertiary/aromatic N) is 1. The summed E-state index contributed by atoms with van der Waals surface area (Å²) in [4.78, 5) is 39.5. The molecule has 174 valence electrons. The zero-order chi connectivity index (χ0) is 23.2. The molecule has 2 aromatic carbocycles. The fourth-order valence-electron chi connectivity index (χ4n) is 4.56. The number of aryl methyl sites for hydroxylation is 1. The Hall–Kier alpha value is -3.35. The van der Waals surface area contributed by atoms with Gasteiger partial charge < -0.3 is 20.3 Å². The van der Waals surface area contributed by atoms with Crippen LogP contribution in [0.5, 0.6) is 0 Å². The summed E-state index contributed by atoms with van der Waals surface area (Å²) in [5.74, 6) is -0.953. The molecule has 1 heterocycles. The van der Waals surface area contributed by atoms with Crippen molar-refractivity contribution in [2.75, 3.05) is 18.4 Å². The van der Waals surface area contributed by atoms with Gasteiger partial charge in [-0.15, -0.1) is 0 Å². The number of benzene rings is 2. The van der Waals surface area contributed by atoms with E-state index < -0.39 is 6.10 Å². The summed E-state index contributed by atoms with van der Waals surface area (Å²) in [6.45, 7) is 2.56. The van der Waals surface area contributed by atoms with E-state index in [2.05, 4.69) is 22.8 Å². The van der Waals surface area contributed by atoms with Crippen LogP contribution in [0.2, 0.25) is 0 Å². The van der Waals surface area contributed by atoms with Crippen LogP contribution in [-0.2, 0) is 20.7 Å². The average molecular weight is 450 g/mol. The number of hydrogen-bond acceptors (Lipinski definition) is 4. The molecule has 2 aliphatic rings. The maximum Gasteiger partial charge on any atom is 0.321 e. The van der Waals surface area contributed by atoms with Crippen molar-refractivity contribution in [2.45, 2.75) is 51.2 Å². The van der Waals surface area contributed by atoms with Crippen LogP contribution >= 0.6 is 0 Å². The summed E-state index contributed by atoms with van der Waals surface area (Å²) in [6, 6.07) is 17.2. The highest BCUT2D eigenvalue weighted by molar-refractivity contribution is 5.89. The Morgan fingerprint density at radius 2 is 1.67 bits per heavy atom. The van der Waals surface area contributed by atoms with Crippen molar-refractivity contribution in [3.63, 3.8) is 0 Å². The highest BCUT2D eigenvalue weighted by Crippen LogP contribution is 2.29. The maximum atomic E-state index is 12.7. The monoisotopic (exact) mass is 449 g/mol. The van der Waals surface area contributed by atoms with Gasteiger partial charge in [-0.1, -0.05) is 42.5 Å². The highest BCUT2D eigenvalue weighted by Gasteiger charge is 2.31. The van der Waals surface area contributed by atoms with Gasteiger partial charge in [0.1, 0.15) is 0 Å². The molecule has 1 aliphatic carbocycles. The van der Waals surface area contributed by atoms with Crippen LogP contribution in [0.4, 0.5) is 10.5 Å². The number of carbonyl (C=O) groups excluding carboxylic acids is 3. The Labute approximate surface area is 194 Å². The van der Waals surface area contributed by atoms with Crippen LogP contribution in [0, 0.1) is 5.92 Å². The molecule has 2 atom stereocenters. The second-order valence-corrected chi connectivity index (χ2v) is 8.79. The van der Waals surface area contributed by atoms with Crippen LogP contribution in [0.25, 0.3) is 0 Å². The minimum absolute atomic E-state index is 0.0463. The highest BCUT2D eigenvalue weighted by atomic mass is 16.5. The van der Waals surface area contributed by atoms with Gasteiger partial charge in [0.2, 0.25) is 0 Å². The summed E-state index contributed by atoms with van der Waals surface area (Å²) in [7, 11) is 0. The Balaban J connectivity index is 1.23. The van der Waals surface area contributed by atoms with Crippen molar-refractivity contribution >= 4 is 23.6 Å². The van der Waals surface area contributed by atoms with E-state index in [-0.39, 0.29) is 29.9 Å². The smallest absolute Gasteiger partial charge is 0.321 e. The molecule has 33 heavy (non-hydrogen) atoms. The summed E-state index contributed by atoms with van der Waals surface area (Å²) in [5.41, 5.74) is 3.16. The van der Waals surface area contributed by atoms with E-state index in [1.165, 1.54) is 5.56 Å². The average Bonchev–Trinajstić information content (AvgIpc) is 2.85. The first-order valence-corrected chi connectivity index (χ1v) is 11.7. The molecule has 1 fully saturated rings. The third kappa shape index (κ3) is 5.72. The molecule has 1 aliphatic heterocycles. The minimum Gasteiger partial charge on any atom is -0.452 e. The van der Waals surface area contributed by atoms with Gasteiger partial charge in [0.25, 0.3) is 5.91 Å². The van der Waals surface area contributed by atoms with Crippen LogP contribution in [-0.4, -0.2) is 42.0 Å². The molecular formula is C26H31N3O4. The molecular weight excluding hydrogens is 418 g/mol. The molecule has 2 N–H and O–H groups in total. The summed E-state index contributed by atoms with van der Waals surface area (Å²) in [5, 5.41) is 5.92. The Bertz CT molecular complexity index is 986. The molecule has 0 bridgehead atoms. The Kier molecular flexibility index (Phi) is 7.27. The number of esters is 1. The topological polar surface area (TPSA) is 87.7 Å². The number of likely N-dealkylation sites (tertiary alicyclic amines) is 1. The SMILES string of the molecule is CC(OC(=O)C1CCN(C(=O)Nc2ccccc2)CC1)C(=O)NC1CCCc2ccccc21. The lowest BCUT2D eigenvalue weighted by atomic mass is 9.87. The van der Waals surface area contributed by atoms with E-state index in [0.717, 1.165) is 30.5 Å². The fraction of sp³-hybridized carbons (Fsp3) is 0.423. The number of piperidine rings is 1. The molecule has 1 saturated heterocycles. The number of rotatable bonds is 5. The maximum absolute atomic E-state index is 12.7. The van der Waals surface area contributed by atoms with E-state index in [9.17, 15) is 14.4 Å². The zero-order valence-corrected chi connectivity index (χ0v) is 19.0. The molecule has 7 nitrogen and oxygen atoms in total. The standard InChI is InChI=1S/C26H31N3O4/c1-18(24(30)28-23-13-7-9-19-8-5-6-12-22(19)23)33-25(31)20-14-16-29(17-15-20)26(32)27-21-10-3-2-4-11-21/h2-6,8,10-12,18,20,23H,7,9,13-17H2,1H3,(H,27,32)(H,28,30). The van der Waals surface area contributed by atoms with E-state index in [4.69, 9.17) is 4.74 Å². The molecule has 0 aromatic heterocycles. The number of ether oxygens (including phenoxy) is 1. The van der Waals surface area contributed by atoms with E-state index in [0.29, 0.717) is 25.9 Å². The van der Waals surface area contributed by atoms with Crippen LogP contribution in [0.1, 0.15) is 49.8 Å². The molecule has 0 spiro atoms. The normalized spacial score (nSPS) is 19.2. The fourth-order valence-corrected chi connectivity index (χ4v) is 4.56. The minimum atomic E-state index is -0.856. The van der Waals surface area contributed by atoms with Gasteiger partial charge in [0, 0.05) is 18.8 Å². The largest absolute Gasteiger partial charge is 0.452 e. The number of para-hydroxylation sites is 1. The van der Waals surface area contributed by atoms with Crippen LogP contribution in [0.15, 0.2) is 54.6 Å². The van der Waals surface area contributed by atoms with E-state index >= 15 is 0 Å². The van der Waals surface area contributed by atoms with Crippen molar-refractivity contribution in [1.29, 1.82) is 0 Å². The quantitative estimate of drug-likeness (QED) is 0.674. The number of hydrogen-bond donors (Lipinski definition) is 2. The van der Waals surface area contributed by atoms with Crippen LogP contribution < -0.4 is 10.6 Å². The Morgan fingerprint density at radius 3 is 2.42 bits per heavy atom. The van der Waals surface area contributed by atoms with Gasteiger partial charge >= 0.3 is 12.0 Å². The first-order valence-electron chi connectivity index (χ1n) is 11.7. The molecule has 4 rings (SSSR count). The molecule has 7 heteroatoms. The lowest BCUT2D eigenvalue weighted by Gasteiger charge is -2.31. The number of nitrogens with one attached hydrogen (secondary N) is 2. The molecule has 2 aromatic rings. The number of carbonyl (C=O) groups is 3. The van der Waals surface area contributed by atoms with Crippen LogP contribution in [0.3, 0.4) is 0 Å². The first-order chi connectivity index (χ1) is 16.0. The predicted molar refractivity (Wildman–Crippen MR) is 126 cm³/mol. The van der Waals surface area contributed by atoms with Gasteiger partial charge in [0.05, 0.1) is 12.0 Å². The third-order valence-electron chi connectivity index (χ3n) is 6.49. The van der Waals surface area contributed by atoms with Gasteiger partial charge in [-0.3, -0.25) is 9.59 Å². The number of anilines is 1. The van der Waals surface area contributed by atoms with Crippen molar-refractivity contribution < 1.29 is 19.1 Å². The molecule has 3 amide bonds. The van der Waals surface area contributed by atoms with Crippen molar-refractivity contribution in [3.05, 3.63) is 65.7 Å². The molecule has 2 unspecified atom stereocenters. The molecule has 0 saturated carbocycles. The van der Waals surface area contributed by atoms with Crippen molar-refractivity contribution in [2.24, 2.45) is 5.92 Å². The van der Waals surface area contributed by atoms with Gasteiger partial charge in [-0.05, 0) is 62.3 Å². The second-order valence-electron chi connectivity index (χ2n) is 8.79. The van der Waals surface area contributed by atoms with Gasteiger partial charge in [-0.2, -0.15) is 0 Å². The summed E-state index contributed by atoms with van der Waals surface area (Å²) in [6.07, 6.45) is 3.11. The van der Waals surface area contributed by atoms with E-state index in [1.807, 2.05) is 42.5 Å². The summed E-state index contributed by atoms with van der Waals surface area (Å²) < 4.78 is 5.50. The number of amides is 3. The summed E-state index contributed by atoms with van der Waals surface area (Å²) >= 11 is 0. The lowest BCUT2D eigenvalue weighted by Crippen LogP contribution is -2.44. The third-order valence-corrected chi connectivity index (χ3v) is 6.49. The zero-order valence-electron chi connectivity index (χ0n) is 19.0. The predicted octanol–water partition coefficient (Wildman–Crippen LogP) is 4.06. The van der Waals surface area contributed by atoms with Crippen molar-refractivity contribution in [1.82, 2.24) is 10.2 Å². The van der Waals surface area contributed by atoms with Crippen molar-refractivity contribution in [3.8, 4) is 0 Å². The van der Waals surface area contributed by atoms with E-state index in [1.54, 1.807) is 11.8 Å². The number of urea groups is 1. The number of fused-ring (bicyclic) bond motifs is 1. The Morgan fingerprint density at radius 1 is 0.970 bits per heavy atom. The molecule has 0 radical (unpaired) electrons. The first kappa shape index (κ1) is 22.8.